The molecular formula is C13H15N3O5. The number of aldehydes is 1. The second-order valence-electron chi connectivity index (χ2n) is 4.11. The van der Waals surface area contributed by atoms with Crippen molar-refractivity contribution in [2.45, 2.75) is 6.04 Å². The van der Waals surface area contributed by atoms with Crippen LogP contribution in [0.3, 0.4) is 0 Å². The maximum atomic E-state index is 11.9. The molecule has 0 aromatic heterocycles. The highest BCUT2D eigenvalue weighted by molar-refractivity contribution is 6.24. The molecule has 0 saturated heterocycles. The maximum absolute atomic E-state index is 11.9. The summed E-state index contributed by atoms with van der Waals surface area (Å²) in [5, 5.41) is 14.0. The van der Waals surface area contributed by atoms with E-state index in [1.165, 1.54) is 0 Å². The lowest BCUT2D eigenvalue weighted by Gasteiger charge is -2.20. The van der Waals surface area contributed by atoms with E-state index in [0.717, 1.165) is 7.05 Å². The molecule has 1 aromatic carbocycles. The number of benzene rings is 1. The van der Waals surface area contributed by atoms with E-state index >= 15 is 0 Å². The molecule has 1 atom stereocenters. The van der Waals surface area contributed by atoms with Crippen LogP contribution in [-0.2, 0) is 19.2 Å². The molecule has 0 spiro atoms. The van der Waals surface area contributed by atoms with Gasteiger partial charge in [-0.2, -0.15) is 0 Å². The average Bonchev–Trinajstić information content (AvgIpc) is 2.50. The fourth-order valence-electron chi connectivity index (χ4n) is 1.54. The van der Waals surface area contributed by atoms with Gasteiger partial charge in [0, 0.05) is 7.05 Å². The van der Waals surface area contributed by atoms with Crippen LogP contribution in [0.4, 0.5) is 0 Å². The highest BCUT2D eigenvalue weighted by atomic mass is 16.5. The summed E-state index contributed by atoms with van der Waals surface area (Å²) in [4.78, 5) is 44.4. The maximum Gasteiger partial charge on any atom is 0.284 e. The molecule has 0 saturated carbocycles. The molecule has 0 fully saturated rings. The number of hydroxylamine groups is 2. The third-order valence-electron chi connectivity index (χ3n) is 2.53. The number of amides is 3. The Kier molecular flexibility index (Phi) is 6.02. The number of hydrogen-bond acceptors (Lipinski definition) is 5. The van der Waals surface area contributed by atoms with Crippen molar-refractivity contribution in [3.63, 3.8) is 0 Å². The summed E-state index contributed by atoms with van der Waals surface area (Å²) in [6.45, 7) is -0.455. The topological polar surface area (TPSA) is 116 Å². The summed E-state index contributed by atoms with van der Waals surface area (Å²) in [5.41, 5.74) is 0.471. The Morgan fingerprint density at radius 2 is 1.90 bits per heavy atom. The van der Waals surface area contributed by atoms with Crippen molar-refractivity contribution in [2.24, 2.45) is 0 Å². The zero-order valence-corrected chi connectivity index (χ0v) is 11.3. The lowest BCUT2D eigenvalue weighted by Crippen LogP contribution is -2.44. The second kappa shape index (κ2) is 7.75. The first-order chi connectivity index (χ1) is 9.95. The van der Waals surface area contributed by atoms with Crippen LogP contribution in [0.25, 0.3) is 0 Å². The molecule has 1 unspecified atom stereocenters. The fourth-order valence-corrected chi connectivity index (χ4v) is 1.54. The molecule has 3 N–H and O–H groups in total. The van der Waals surface area contributed by atoms with E-state index in [9.17, 15) is 24.4 Å². The number of hydrogen-bond donors (Lipinski definition) is 3. The minimum Gasteiger partial charge on any atom is -0.341 e. The van der Waals surface area contributed by atoms with E-state index in [4.69, 9.17) is 0 Å². The summed E-state index contributed by atoms with van der Waals surface area (Å²) in [6, 6.07) is 7.20. The highest BCUT2D eigenvalue weighted by Crippen LogP contribution is 2.14. The van der Waals surface area contributed by atoms with Gasteiger partial charge in [0.2, 0.25) is 12.2 Å². The Bertz CT molecular complexity index is 530. The predicted molar refractivity (Wildman–Crippen MR) is 71.0 cm³/mol. The van der Waals surface area contributed by atoms with E-state index in [-0.39, 0.29) is 6.29 Å². The Morgan fingerprint density at radius 1 is 1.29 bits per heavy atom. The summed E-state index contributed by atoms with van der Waals surface area (Å²) >= 11 is 0. The smallest absolute Gasteiger partial charge is 0.284 e. The number of nitrogens with one attached hydrogen (secondary N) is 2. The Labute approximate surface area is 120 Å². The summed E-state index contributed by atoms with van der Waals surface area (Å²) < 4.78 is 0. The van der Waals surface area contributed by atoms with Gasteiger partial charge in [-0.1, -0.05) is 30.3 Å². The van der Waals surface area contributed by atoms with Crippen LogP contribution in [0.1, 0.15) is 11.6 Å². The van der Waals surface area contributed by atoms with Crippen molar-refractivity contribution in [2.75, 3.05) is 13.6 Å². The Hall–Kier alpha value is -2.74. The van der Waals surface area contributed by atoms with Gasteiger partial charge in [-0.25, -0.2) is 5.06 Å². The number of nitrogens with zero attached hydrogens (tertiary/aromatic N) is 1. The molecule has 1 rings (SSSR count). The van der Waals surface area contributed by atoms with Gasteiger partial charge in [0.25, 0.3) is 11.8 Å². The van der Waals surface area contributed by atoms with Crippen LogP contribution in [-0.4, -0.2) is 47.9 Å². The third kappa shape index (κ3) is 5.03. The van der Waals surface area contributed by atoms with Crippen molar-refractivity contribution in [1.29, 1.82) is 0 Å². The monoisotopic (exact) mass is 293 g/mol. The first-order valence-electron chi connectivity index (χ1n) is 5.99. The predicted octanol–water partition coefficient (Wildman–Crippen LogP) is -0.993. The molecule has 0 bridgehead atoms. The number of carbonyl (C=O) groups is 4. The average molecular weight is 293 g/mol. The number of likely N-dealkylation sites (N-methyl/N-ethyl adjacent to an activating group) is 1. The lowest BCUT2D eigenvalue weighted by molar-refractivity contribution is -0.162. The lowest BCUT2D eigenvalue weighted by atomic mass is 10.1. The summed E-state index contributed by atoms with van der Waals surface area (Å²) in [6.07, 6.45) is 0.0363. The fraction of sp³-hybridized carbons (Fsp3) is 0.231. The van der Waals surface area contributed by atoms with Gasteiger partial charge in [-0.3, -0.25) is 24.4 Å². The quantitative estimate of drug-likeness (QED) is 0.269. The van der Waals surface area contributed by atoms with E-state index in [2.05, 4.69) is 10.6 Å². The molecule has 3 amide bonds. The zero-order valence-electron chi connectivity index (χ0n) is 11.3. The molecule has 0 aliphatic heterocycles. The Morgan fingerprint density at radius 3 is 2.43 bits per heavy atom. The molecule has 0 aliphatic carbocycles. The highest BCUT2D eigenvalue weighted by Gasteiger charge is 2.25. The van der Waals surface area contributed by atoms with E-state index in [1.54, 1.807) is 30.3 Å². The van der Waals surface area contributed by atoms with E-state index in [0.29, 0.717) is 10.6 Å². The first-order valence-corrected chi connectivity index (χ1v) is 5.99. The zero-order chi connectivity index (χ0) is 15.8. The Balaban J connectivity index is 2.79. The largest absolute Gasteiger partial charge is 0.341 e. The van der Waals surface area contributed by atoms with Gasteiger partial charge >= 0.3 is 0 Å². The van der Waals surface area contributed by atoms with Crippen molar-refractivity contribution >= 4 is 24.0 Å². The van der Waals surface area contributed by atoms with Crippen molar-refractivity contribution in [3.05, 3.63) is 35.9 Å². The number of rotatable bonds is 6. The van der Waals surface area contributed by atoms with Gasteiger partial charge in [0.15, 0.2) is 0 Å². The van der Waals surface area contributed by atoms with Crippen LogP contribution in [0.15, 0.2) is 30.3 Å². The molecule has 112 valence electrons. The first kappa shape index (κ1) is 16.3. The molecule has 1 aromatic rings. The minimum atomic E-state index is -1.10. The van der Waals surface area contributed by atoms with Crippen molar-refractivity contribution in [3.8, 4) is 0 Å². The normalized spacial score (nSPS) is 11.1. The summed E-state index contributed by atoms with van der Waals surface area (Å²) in [5.74, 6) is -2.35. The van der Waals surface area contributed by atoms with Crippen LogP contribution < -0.4 is 10.6 Å². The molecular weight excluding hydrogens is 278 g/mol. The van der Waals surface area contributed by atoms with Crippen LogP contribution >= 0.6 is 0 Å². The third-order valence-corrected chi connectivity index (χ3v) is 2.53. The van der Waals surface area contributed by atoms with Gasteiger partial charge in [-0.15, -0.1) is 0 Å². The van der Waals surface area contributed by atoms with Crippen molar-refractivity contribution in [1.82, 2.24) is 15.7 Å². The second-order valence-corrected chi connectivity index (χ2v) is 4.11. The van der Waals surface area contributed by atoms with Crippen molar-refractivity contribution < 1.29 is 24.4 Å². The molecule has 0 heterocycles. The number of carbonyl (C=O) groups excluding carboxylic acids is 4. The summed E-state index contributed by atoms with van der Waals surface area (Å²) in [7, 11) is 1.14. The van der Waals surface area contributed by atoms with Crippen LogP contribution in [0, 0.1) is 0 Å². The SMILES string of the molecule is CN(O)C(=O)C(NC(=O)CNC(=O)C=O)c1ccccc1. The minimum absolute atomic E-state index is 0.0363. The van der Waals surface area contributed by atoms with Gasteiger partial charge in [0.05, 0.1) is 6.54 Å². The van der Waals surface area contributed by atoms with Gasteiger partial charge in [0.1, 0.15) is 6.04 Å². The van der Waals surface area contributed by atoms with Gasteiger partial charge < -0.3 is 10.6 Å². The van der Waals surface area contributed by atoms with E-state index < -0.39 is 30.3 Å². The van der Waals surface area contributed by atoms with E-state index in [1.807, 2.05) is 0 Å². The van der Waals surface area contributed by atoms with Gasteiger partial charge in [-0.05, 0) is 5.56 Å². The standard InChI is InChI=1S/C13H15N3O5/c1-16(21)13(20)12(9-5-3-2-4-6-9)15-10(18)7-14-11(19)8-17/h2-6,8,12,21H,7H2,1H3,(H,14,19)(H,15,18). The van der Waals surface area contributed by atoms with Crippen LogP contribution in [0.2, 0.25) is 0 Å². The molecule has 8 nitrogen and oxygen atoms in total. The molecule has 0 aliphatic rings. The molecule has 8 heteroatoms. The molecule has 21 heavy (non-hydrogen) atoms. The van der Waals surface area contributed by atoms with Crippen LogP contribution in [0.5, 0.6) is 0 Å². The molecule has 0 radical (unpaired) electrons.